The summed E-state index contributed by atoms with van der Waals surface area (Å²) >= 11 is 11.0. The van der Waals surface area contributed by atoms with E-state index in [4.69, 9.17) is 28.6 Å². The van der Waals surface area contributed by atoms with E-state index >= 15 is 0 Å². The highest BCUT2D eigenvalue weighted by Crippen LogP contribution is 2.23. The maximum Gasteiger partial charge on any atom is 0.171 e. The number of benzene rings is 2. The van der Waals surface area contributed by atoms with Crippen molar-refractivity contribution >= 4 is 34.6 Å². The Morgan fingerprint density at radius 2 is 2.05 bits per heavy atom. The molecule has 2 rings (SSSR count). The van der Waals surface area contributed by atoms with Gasteiger partial charge < -0.3 is 15.4 Å². The fourth-order valence-corrected chi connectivity index (χ4v) is 2.23. The third kappa shape index (κ3) is 4.58. The van der Waals surface area contributed by atoms with Crippen molar-refractivity contribution in [2.45, 2.75) is 13.5 Å². The van der Waals surface area contributed by atoms with Gasteiger partial charge in [-0.05, 0) is 49.0 Å². The highest BCUT2D eigenvalue weighted by molar-refractivity contribution is 7.80. The second-order valence-corrected chi connectivity index (χ2v) is 5.30. The van der Waals surface area contributed by atoms with Crippen LogP contribution in [0.4, 0.5) is 10.1 Å². The first kappa shape index (κ1) is 16.5. The number of hydrogen-bond donors (Lipinski definition) is 2. The number of nitrogens with one attached hydrogen (secondary N) is 2. The molecule has 0 aliphatic carbocycles. The van der Waals surface area contributed by atoms with Gasteiger partial charge in [-0.15, -0.1) is 0 Å². The van der Waals surface area contributed by atoms with E-state index in [0.29, 0.717) is 18.3 Å². The fraction of sp³-hybridized carbons (Fsp3) is 0.188. The molecule has 0 radical (unpaired) electrons. The van der Waals surface area contributed by atoms with Crippen LogP contribution in [-0.4, -0.2) is 11.7 Å². The molecule has 0 unspecified atom stereocenters. The molecule has 0 saturated carbocycles. The van der Waals surface area contributed by atoms with Gasteiger partial charge in [0, 0.05) is 6.54 Å². The molecule has 2 aromatic carbocycles. The van der Waals surface area contributed by atoms with Crippen LogP contribution in [0.25, 0.3) is 0 Å². The number of ether oxygens (including phenoxy) is 1. The summed E-state index contributed by atoms with van der Waals surface area (Å²) in [6.07, 6.45) is 0. The van der Waals surface area contributed by atoms with Gasteiger partial charge in [-0.2, -0.15) is 0 Å². The van der Waals surface area contributed by atoms with Gasteiger partial charge in [-0.3, -0.25) is 0 Å². The molecule has 22 heavy (non-hydrogen) atoms. The quantitative estimate of drug-likeness (QED) is 0.793. The van der Waals surface area contributed by atoms with Gasteiger partial charge in [-0.25, -0.2) is 4.39 Å². The van der Waals surface area contributed by atoms with Crippen molar-refractivity contribution in [1.29, 1.82) is 0 Å². The highest BCUT2D eigenvalue weighted by atomic mass is 35.5. The van der Waals surface area contributed by atoms with Gasteiger partial charge >= 0.3 is 0 Å². The Hall–Kier alpha value is -1.85. The monoisotopic (exact) mass is 338 g/mol. The predicted molar refractivity (Wildman–Crippen MR) is 92.1 cm³/mol. The van der Waals surface area contributed by atoms with Gasteiger partial charge in [-0.1, -0.05) is 29.8 Å². The Bertz CT molecular complexity index is 666. The molecular weight excluding hydrogens is 323 g/mol. The zero-order valence-corrected chi connectivity index (χ0v) is 13.6. The first-order chi connectivity index (χ1) is 10.6. The van der Waals surface area contributed by atoms with Crippen LogP contribution in [0.3, 0.4) is 0 Å². The minimum absolute atomic E-state index is 0.0971. The van der Waals surface area contributed by atoms with Crippen LogP contribution in [0.5, 0.6) is 5.75 Å². The molecule has 2 N–H and O–H groups in total. The summed E-state index contributed by atoms with van der Waals surface area (Å²) in [5, 5.41) is 6.68. The van der Waals surface area contributed by atoms with Crippen molar-refractivity contribution in [2.75, 3.05) is 11.9 Å². The van der Waals surface area contributed by atoms with Gasteiger partial charge in [0.15, 0.2) is 5.11 Å². The number of hydrogen-bond acceptors (Lipinski definition) is 2. The standard InChI is InChI=1S/C16H16ClFN2OS/c1-2-21-15-6-4-3-5-14(15)20-16(22)19-10-11-7-8-13(18)12(17)9-11/h3-9H,2,10H2,1H3,(H2,19,20,22). The van der Waals surface area contributed by atoms with Crippen LogP contribution in [0.2, 0.25) is 5.02 Å². The summed E-state index contributed by atoms with van der Waals surface area (Å²) in [5.74, 6) is 0.302. The lowest BCUT2D eigenvalue weighted by Gasteiger charge is -2.14. The lowest BCUT2D eigenvalue weighted by atomic mass is 10.2. The topological polar surface area (TPSA) is 33.3 Å². The van der Waals surface area contributed by atoms with E-state index in [-0.39, 0.29) is 5.02 Å². The lowest BCUT2D eigenvalue weighted by molar-refractivity contribution is 0.342. The van der Waals surface area contributed by atoms with Crippen LogP contribution >= 0.6 is 23.8 Å². The van der Waals surface area contributed by atoms with E-state index in [2.05, 4.69) is 10.6 Å². The van der Waals surface area contributed by atoms with E-state index in [1.807, 2.05) is 31.2 Å². The molecule has 0 aromatic heterocycles. The average Bonchev–Trinajstić information content (AvgIpc) is 2.51. The largest absolute Gasteiger partial charge is 0.492 e. The second-order valence-electron chi connectivity index (χ2n) is 4.49. The molecule has 0 spiro atoms. The van der Waals surface area contributed by atoms with Gasteiger partial charge in [0.1, 0.15) is 11.6 Å². The van der Waals surface area contributed by atoms with Crippen molar-refractivity contribution in [3.63, 3.8) is 0 Å². The number of thiocarbonyl (C=S) groups is 1. The summed E-state index contributed by atoms with van der Waals surface area (Å²) in [7, 11) is 0. The van der Waals surface area contributed by atoms with E-state index < -0.39 is 5.82 Å². The van der Waals surface area contributed by atoms with Crippen molar-refractivity contribution in [1.82, 2.24) is 5.32 Å². The third-order valence-electron chi connectivity index (χ3n) is 2.87. The highest BCUT2D eigenvalue weighted by Gasteiger charge is 2.05. The Labute approximate surface area is 139 Å². The molecule has 2 aromatic rings. The minimum Gasteiger partial charge on any atom is -0.492 e. The number of halogens is 2. The average molecular weight is 339 g/mol. The summed E-state index contributed by atoms with van der Waals surface area (Å²) in [4.78, 5) is 0. The molecule has 0 aliphatic heterocycles. The molecule has 116 valence electrons. The van der Waals surface area contributed by atoms with E-state index in [1.165, 1.54) is 6.07 Å². The first-order valence-corrected chi connectivity index (χ1v) is 7.59. The Balaban J connectivity index is 1.94. The minimum atomic E-state index is -0.434. The van der Waals surface area contributed by atoms with Crippen LogP contribution in [-0.2, 0) is 6.54 Å². The van der Waals surface area contributed by atoms with Crippen LogP contribution in [0.1, 0.15) is 12.5 Å². The van der Waals surface area contributed by atoms with E-state index in [1.54, 1.807) is 12.1 Å². The molecule has 6 heteroatoms. The maximum absolute atomic E-state index is 13.1. The molecule has 0 aliphatic rings. The van der Waals surface area contributed by atoms with Crippen molar-refractivity contribution < 1.29 is 9.13 Å². The van der Waals surface area contributed by atoms with Crippen LogP contribution in [0.15, 0.2) is 42.5 Å². The molecule has 0 atom stereocenters. The SMILES string of the molecule is CCOc1ccccc1NC(=S)NCc1ccc(F)c(Cl)c1. The molecular formula is C16H16ClFN2OS. The van der Waals surface area contributed by atoms with Crippen LogP contribution < -0.4 is 15.4 Å². The molecule has 3 nitrogen and oxygen atoms in total. The lowest BCUT2D eigenvalue weighted by Crippen LogP contribution is -2.28. The van der Waals surface area contributed by atoms with E-state index in [9.17, 15) is 4.39 Å². The van der Waals surface area contributed by atoms with Crippen LogP contribution in [0, 0.1) is 5.82 Å². The van der Waals surface area contributed by atoms with Gasteiger partial charge in [0.2, 0.25) is 0 Å². The Morgan fingerprint density at radius 1 is 1.27 bits per heavy atom. The van der Waals surface area contributed by atoms with Crippen molar-refractivity contribution in [3.8, 4) is 5.75 Å². The maximum atomic E-state index is 13.1. The Morgan fingerprint density at radius 3 is 2.77 bits per heavy atom. The third-order valence-corrected chi connectivity index (χ3v) is 3.41. The van der Waals surface area contributed by atoms with Crippen molar-refractivity contribution in [2.24, 2.45) is 0 Å². The van der Waals surface area contributed by atoms with Gasteiger partial charge in [0.05, 0.1) is 17.3 Å². The first-order valence-electron chi connectivity index (χ1n) is 6.80. The Kier molecular flexibility index (Phi) is 5.98. The number of rotatable bonds is 5. The smallest absolute Gasteiger partial charge is 0.171 e. The predicted octanol–water partition coefficient (Wildman–Crippen LogP) is 4.36. The van der Waals surface area contributed by atoms with E-state index in [0.717, 1.165) is 17.0 Å². The van der Waals surface area contributed by atoms with Gasteiger partial charge in [0.25, 0.3) is 0 Å². The summed E-state index contributed by atoms with van der Waals surface area (Å²) in [6, 6.07) is 12.1. The van der Waals surface area contributed by atoms with Crippen molar-refractivity contribution in [3.05, 3.63) is 58.9 Å². The summed E-state index contributed by atoms with van der Waals surface area (Å²) in [6.45, 7) is 2.95. The fourth-order valence-electron chi connectivity index (χ4n) is 1.85. The molecule has 0 bridgehead atoms. The molecule has 0 fully saturated rings. The molecule has 0 saturated heterocycles. The zero-order chi connectivity index (χ0) is 15.9. The zero-order valence-electron chi connectivity index (χ0n) is 12.0. The number of para-hydroxylation sites is 2. The summed E-state index contributed by atoms with van der Waals surface area (Å²) in [5.41, 5.74) is 1.63. The summed E-state index contributed by atoms with van der Waals surface area (Å²) < 4.78 is 18.6. The normalized spacial score (nSPS) is 10.1. The molecule has 0 heterocycles. The number of anilines is 1. The second kappa shape index (κ2) is 7.96. The molecule has 0 amide bonds.